The number of hydrogen-bond acceptors (Lipinski definition) is 3. The van der Waals surface area contributed by atoms with Gasteiger partial charge in [-0.1, -0.05) is 6.92 Å². The van der Waals surface area contributed by atoms with Gasteiger partial charge in [0.1, 0.15) is 5.82 Å². The Labute approximate surface area is 108 Å². The molecule has 2 rings (SSSR count). The molecule has 0 radical (unpaired) electrons. The molecule has 0 saturated carbocycles. The standard InChI is InChI=1S/C13H21N5/c1-4-6-18-7-5-15-13(18)9-14-8-12-10-17(3)16-11(12)2/h5,7,10,14H,4,6,8-9H2,1-3H3. The quantitative estimate of drug-likeness (QED) is 0.844. The fraction of sp³-hybridized carbons (Fsp3) is 0.538. The van der Waals surface area contributed by atoms with Gasteiger partial charge in [0.05, 0.1) is 12.2 Å². The van der Waals surface area contributed by atoms with Gasteiger partial charge in [0.25, 0.3) is 0 Å². The van der Waals surface area contributed by atoms with Crippen LogP contribution in [0.5, 0.6) is 0 Å². The Morgan fingerprint density at radius 2 is 2.17 bits per heavy atom. The maximum absolute atomic E-state index is 4.37. The SMILES string of the molecule is CCCn1ccnc1CNCc1cn(C)nc1C. The molecule has 98 valence electrons. The smallest absolute Gasteiger partial charge is 0.122 e. The van der Waals surface area contributed by atoms with Crippen molar-refractivity contribution in [1.29, 1.82) is 0 Å². The molecule has 0 aliphatic carbocycles. The number of aryl methyl sites for hydroxylation is 3. The largest absolute Gasteiger partial charge is 0.334 e. The fourth-order valence-electron chi connectivity index (χ4n) is 2.08. The summed E-state index contributed by atoms with van der Waals surface area (Å²) < 4.78 is 4.05. The summed E-state index contributed by atoms with van der Waals surface area (Å²) in [6.45, 7) is 6.87. The van der Waals surface area contributed by atoms with E-state index >= 15 is 0 Å². The van der Waals surface area contributed by atoms with Crippen molar-refractivity contribution >= 4 is 0 Å². The first-order valence-corrected chi connectivity index (χ1v) is 6.40. The highest BCUT2D eigenvalue weighted by Crippen LogP contribution is 2.05. The van der Waals surface area contributed by atoms with E-state index in [-0.39, 0.29) is 0 Å². The molecule has 2 heterocycles. The summed E-state index contributed by atoms with van der Waals surface area (Å²) in [4.78, 5) is 4.37. The zero-order chi connectivity index (χ0) is 13.0. The molecule has 1 N–H and O–H groups in total. The number of nitrogens with one attached hydrogen (secondary N) is 1. The summed E-state index contributed by atoms with van der Waals surface area (Å²) in [6.07, 6.45) is 7.09. The molecule has 0 atom stereocenters. The molecule has 0 spiro atoms. The van der Waals surface area contributed by atoms with Crippen LogP contribution in [-0.2, 0) is 26.7 Å². The highest BCUT2D eigenvalue weighted by molar-refractivity contribution is 5.14. The molecular formula is C13H21N5. The van der Waals surface area contributed by atoms with Gasteiger partial charge in [-0.15, -0.1) is 0 Å². The van der Waals surface area contributed by atoms with Gasteiger partial charge >= 0.3 is 0 Å². The van der Waals surface area contributed by atoms with Crippen molar-refractivity contribution in [1.82, 2.24) is 24.6 Å². The van der Waals surface area contributed by atoms with Gasteiger partial charge in [-0.25, -0.2) is 4.98 Å². The van der Waals surface area contributed by atoms with Crippen LogP contribution in [-0.4, -0.2) is 19.3 Å². The topological polar surface area (TPSA) is 47.7 Å². The van der Waals surface area contributed by atoms with E-state index < -0.39 is 0 Å². The predicted molar refractivity (Wildman–Crippen MR) is 71.0 cm³/mol. The van der Waals surface area contributed by atoms with Crippen LogP contribution in [0.25, 0.3) is 0 Å². The maximum Gasteiger partial charge on any atom is 0.122 e. The molecular weight excluding hydrogens is 226 g/mol. The minimum Gasteiger partial charge on any atom is -0.334 e. The lowest BCUT2D eigenvalue weighted by molar-refractivity contribution is 0.588. The Balaban J connectivity index is 1.88. The van der Waals surface area contributed by atoms with Gasteiger partial charge in [-0.3, -0.25) is 4.68 Å². The molecule has 18 heavy (non-hydrogen) atoms. The van der Waals surface area contributed by atoms with Gasteiger partial charge in [0.15, 0.2) is 0 Å². The summed E-state index contributed by atoms with van der Waals surface area (Å²) in [5.74, 6) is 1.10. The zero-order valence-corrected chi connectivity index (χ0v) is 11.3. The van der Waals surface area contributed by atoms with E-state index in [0.717, 1.165) is 37.6 Å². The van der Waals surface area contributed by atoms with Gasteiger partial charge < -0.3 is 9.88 Å². The van der Waals surface area contributed by atoms with Crippen molar-refractivity contribution in [3.63, 3.8) is 0 Å². The van der Waals surface area contributed by atoms with Crippen LogP contribution in [0.15, 0.2) is 18.6 Å². The first kappa shape index (κ1) is 12.8. The van der Waals surface area contributed by atoms with Crippen molar-refractivity contribution in [3.8, 4) is 0 Å². The molecule has 0 aliphatic rings. The second-order valence-electron chi connectivity index (χ2n) is 4.55. The summed E-state index contributed by atoms with van der Waals surface area (Å²) in [6, 6.07) is 0. The van der Waals surface area contributed by atoms with Crippen LogP contribution < -0.4 is 5.32 Å². The summed E-state index contributed by atoms with van der Waals surface area (Å²) in [5.41, 5.74) is 2.33. The molecule has 0 aromatic carbocycles. The van der Waals surface area contributed by atoms with Gasteiger partial charge in [-0.2, -0.15) is 5.10 Å². The van der Waals surface area contributed by atoms with Crippen LogP contribution in [0, 0.1) is 6.92 Å². The van der Waals surface area contributed by atoms with Crippen LogP contribution in [0.1, 0.15) is 30.4 Å². The van der Waals surface area contributed by atoms with Crippen LogP contribution >= 0.6 is 0 Å². The first-order chi connectivity index (χ1) is 8.70. The van der Waals surface area contributed by atoms with Crippen LogP contribution in [0.4, 0.5) is 0 Å². The Bertz CT molecular complexity index is 497. The van der Waals surface area contributed by atoms with Crippen LogP contribution in [0.2, 0.25) is 0 Å². The third-order valence-corrected chi connectivity index (χ3v) is 2.98. The minimum absolute atomic E-state index is 0.793. The van der Waals surface area contributed by atoms with E-state index in [1.165, 1.54) is 5.56 Å². The van der Waals surface area contributed by atoms with E-state index in [4.69, 9.17) is 0 Å². The Kier molecular flexibility index (Phi) is 4.15. The maximum atomic E-state index is 4.37. The third kappa shape index (κ3) is 2.98. The Morgan fingerprint density at radius 3 is 2.83 bits per heavy atom. The zero-order valence-electron chi connectivity index (χ0n) is 11.3. The van der Waals surface area contributed by atoms with E-state index in [1.54, 1.807) is 0 Å². The van der Waals surface area contributed by atoms with Gasteiger partial charge in [-0.05, 0) is 13.3 Å². The molecule has 5 heteroatoms. The lowest BCUT2D eigenvalue weighted by Crippen LogP contribution is -2.16. The third-order valence-electron chi connectivity index (χ3n) is 2.98. The minimum atomic E-state index is 0.793. The molecule has 2 aromatic heterocycles. The van der Waals surface area contributed by atoms with Crippen molar-refractivity contribution < 1.29 is 0 Å². The molecule has 0 amide bonds. The number of hydrogen-bond donors (Lipinski definition) is 1. The monoisotopic (exact) mass is 247 g/mol. The molecule has 0 bridgehead atoms. The molecule has 5 nitrogen and oxygen atoms in total. The average molecular weight is 247 g/mol. The van der Waals surface area contributed by atoms with Crippen LogP contribution in [0.3, 0.4) is 0 Å². The van der Waals surface area contributed by atoms with Crippen molar-refractivity contribution in [2.24, 2.45) is 7.05 Å². The Morgan fingerprint density at radius 1 is 1.33 bits per heavy atom. The van der Waals surface area contributed by atoms with E-state index in [1.807, 2.05) is 31.0 Å². The first-order valence-electron chi connectivity index (χ1n) is 6.40. The van der Waals surface area contributed by atoms with Gasteiger partial charge in [0.2, 0.25) is 0 Å². The lowest BCUT2D eigenvalue weighted by Gasteiger charge is -2.07. The highest BCUT2D eigenvalue weighted by Gasteiger charge is 2.04. The van der Waals surface area contributed by atoms with Crippen molar-refractivity contribution in [2.75, 3.05) is 0 Å². The van der Waals surface area contributed by atoms with E-state index in [0.29, 0.717) is 0 Å². The summed E-state index contributed by atoms with van der Waals surface area (Å²) in [5, 5.41) is 7.75. The molecule has 0 unspecified atom stereocenters. The number of rotatable bonds is 6. The average Bonchev–Trinajstić information content (AvgIpc) is 2.88. The van der Waals surface area contributed by atoms with E-state index in [9.17, 15) is 0 Å². The molecule has 0 saturated heterocycles. The van der Waals surface area contributed by atoms with E-state index in [2.05, 4.69) is 33.1 Å². The molecule has 2 aromatic rings. The van der Waals surface area contributed by atoms with Gasteiger partial charge in [0, 0.05) is 44.3 Å². The molecule has 0 fully saturated rings. The second-order valence-corrected chi connectivity index (χ2v) is 4.55. The summed E-state index contributed by atoms with van der Waals surface area (Å²) >= 11 is 0. The normalized spacial score (nSPS) is 11.1. The predicted octanol–water partition coefficient (Wildman–Crippen LogP) is 1.62. The lowest BCUT2D eigenvalue weighted by atomic mass is 10.2. The summed E-state index contributed by atoms with van der Waals surface area (Å²) in [7, 11) is 1.95. The second kappa shape index (κ2) is 5.82. The Hall–Kier alpha value is -1.62. The highest BCUT2D eigenvalue weighted by atomic mass is 15.3. The number of aromatic nitrogens is 4. The number of nitrogens with zero attached hydrogens (tertiary/aromatic N) is 4. The number of imidazole rings is 1. The van der Waals surface area contributed by atoms with Crippen molar-refractivity contribution in [3.05, 3.63) is 35.7 Å². The molecule has 0 aliphatic heterocycles. The van der Waals surface area contributed by atoms with Crippen molar-refractivity contribution in [2.45, 2.75) is 39.9 Å². The fourth-order valence-corrected chi connectivity index (χ4v) is 2.08.